The number of piperidine rings is 1. The van der Waals surface area contributed by atoms with Crippen molar-refractivity contribution in [3.05, 3.63) is 42.2 Å². The molecule has 1 fully saturated rings. The average molecular weight is 395 g/mol. The molecule has 1 aliphatic heterocycles. The number of carbonyl (C=O) groups excluding carboxylic acids is 1. The van der Waals surface area contributed by atoms with E-state index in [1.807, 2.05) is 25.1 Å². The van der Waals surface area contributed by atoms with Gasteiger partial charge in [0.15, 0.2) is 11.5 Å². The predicted molar refractivity (Wildman–Crippen MR) is 111 cm³/mol. The summed E-state index contributed by atoms with van der Waals surface area (Å²) in [4.78, 5) is 30.4. The number of nitrogens with two attached hydrogens (primary N) is 1. The standard InChI is InChI=1S/C20H25N7O2/c1-2-29-11-16(28)24-15-10-27(9-8-14(15)13-6-4-3-5-7-13)19-17-18(23-12-22-17)25-20(21)26-19/h3-7,12,14-15H,2,8-11H2,1H3,(H,24,28)(H3,21,22,23,25,26)/t14-,15+/m0/s1. The summed E-state index contributed by atoms with van der Waals surface area (Å²) in [5.41, 5.74) is 8.38. The van der Waals surface area contributed by atoms with Gasteiger partial charge in [-0.3, -0.25) is 4.79 Å². The molecule has 4 N–H and O–H groups in total. The summed E-state index contributed by atoms with van der Waals surface area (Å²) in [5, 5.41) is 3.15. The van der Waals surface area contributed by atoms with E-state index in [4.69, 9.17) is 10.5 Å². The first-order valence-corrected chi connectivity index (χ1v) is 9.79. The van der Waals surface area contributed by atoms with E-state index in [1.54, 1.807) is 6.33 Å². The summed E-state index contributed by atoms with van der Waals surface area (Å²) in [6.07, 6.45) is 2.45. The third-order valence-electron chi connectivity index (χ3n) is 5.21. The van der Waals surface area contributed by atoms with Gasteiger partial charge in [0.1, 0.15) is 12.1 Å². The van der Waals surface area contributed by atoms with Gasteiger partial charge in [0.25, 0.3) is 0 Å². The molecule has 3 aromatic rings. The molecule has 4 rings (SSSR count). The number of anilines is 2. The van der Waals surface area contributed by atoms with Gasteiger partial charge in [0.05, 0.1) is 12.4 Å². The number of hydrogen-bond donors (Lipinski definition) is 3. The summed E-state index contributed by atoms with van der Waals surface area (Å²) in [6, 6.07) is 10.2. The lowest BCUT2D eigenvalue weighted by molar-refractivity contribution is -0.126. The minimum atomic E-state index is -0.117. The number of imidazole rings is 1. The molecule has 1 aliphatic rings. The van der Waals surface area contributed by atoms with Crippen molar-refractivity contribution in [2.75, 3.05) is 36.9 Å². The predicted octanol–water partition coefficient (Wildman–Crippen LogP) is 1.45. The van der Waals surface area contributed by atoms with Crippen LogP contribution in [0.2, 0.25) is 0 Å². The molecule has 3 heterocycles. The second kappa shape index (κ2) is 8.44. The van der Waals surface area contributed by atoms with Crippen molar-refractivity contribution >= 4 is 28.8 Å². The summed E-state index contributed by atoms with van der Waals surface area (Å²) in [7, 11) is 0. The average Bonchev–Trinajstić information content (AvgIpc) is 3.20. The first kappa shape index (κ1) is 19.1. The zero-order valence-corrected chi connectivity index (χ0v) is 16.3. The lowest BCUT2D eigenvalue weighted by Gasteiger charge is -2.39. The number of rotatable bonds is 6. The van der Waals surface area contributed by atoms with E-state index in [2.05, 4.69) is 42.3 Å². The number of benzene rings is 1. The maximum atomic E-state index is 12.4. The van der Waals surface area contributed by atoms with Crippen LogP contribution in [-0.2, 0) is 9.53 Å². The van der Waals surface area contributed by atoms with E-state index in [0.717, 1.165) is 18.5 Å². The molecule has 152 valence electrons. The molecule has 0 saturated carbocycles. The van der Waals surface area contributed by atoms with Crippen molar-refractivity contribution < 1.29 is 9.53 Å². The zero-order valence-electron chi connectivity index (χ0n) is 16.3. The number of amides is 1. The summed E-state index contributed by atoms with van der Waals surface area (Å²) in [6.45, 7) is 3.81. The maximum Gasteiger partial charge on any atom is 0.246 e. The Hall–Kier alpha value is -3.20. The lowest BCUT2D eigenvalue weighted by Crippen LogP contribution is -2.52. The number of nitrogen functional groups attached to an aromatic ring is 1. The molecule has 1 saturated heterocycles. The zero-order chi connectivity index (χ0) is 20.2. The monoisotopic (exact) mass is 395 g/mol. The third kappa shape index (κ3) is 4.14. The quantitative estimate of drug-likeness (QED) is 0.577. The Morgan fingerprint density at radius 3 is 2.97 bits per heavy atom. The van der Waals surface area contributed by atoms with Crippen LogP contribution in [0.1, 0.15) is 24.8 Å². The largest absolute Gasteiger partial charge is 0.372 e. The fraction of sp³-hybridized carbons (Fsp3) is 0.400. The minimum Gasteiger partial charge on any atom is -0.372 e. The normalized spacial score (nSPS) is 19.4. The van der Waals surface area contributed by atoms with Crippen molar-refractivity contribution in [2.45, 2.75) is 25.3 Å². The lowest BCUT2D eigenvalue weighted by atomic mass is 9.85. The number of H-pyrrole nitrogens is 1. The Morgan fingerprint density at radius 2 is 2.17 bits per heavy atom. The highest BCUT2D eigenvalue weighted by atomic mass is 16.5. The molecule has 29 heavy (non-hydrogen) atoms. The van der Waals surface area contributed by atoms with Gasteiger partial charge < -0.3 is 25.7 Å². The van der Waals surface area contributed by atoms with Gasteiger partial charge in [-0.25, -0.2) is 4.98 Å². The van der Waals surface area contributed by atoms with Crippen molar-refractivity contribution in [2.24, 2.45) is 0 Å². The van der Waals surface area contributed by atoms with Gasteiger partial charge in [0, 0.05) is 25.6 Å². The van der Waals surface area contributed by atoms with Gasteiger partial charge in [-0.1, -0.05) is 30.3 Å². The number of carbonyl (C=O) groups is 1. The molecule has 1 amide bonds. The van der Waals surface area contributed by atoms with Crippen LogP contribution in [0.4, 0.5) is 11.8 Å². The molecule has 0 aliphatic carbocycles. The topological polar surface area (TPSA) is 122 Å². The second-order valence-electron chi connectivity index (χ2n) is 7.07. The smallest absolute Gasteiger partial charge is 0.246 e. The number of nitrogens with zero attached hydrogens (tertiary/aromatic N) is 4. The SMILES string of the molecule is CCOCC(=O)N[C@@H]1CN(c2nc(N)nc3nc[nH]c23)CC[C@H]1c1ccccc1. The molecular weight excluding hydrogens is 370 g/mol. The first-order valence-electron chi connectivity index (χ1n) is 9.79. The van der Waals surface area contributed by atoms with Gasteiger partial charge in [0.2, 0.25) is 11.9 Å². The fourth-order valence-electron chi connectivity index (χ4n) is 3.90. The highest BCUT2D eigenvalue weighted by Gasteiger charge is 2.33. The van der Waals surface area contributed by atoms with Crippen LogP contribution in [0.5, 0.6) is 0 Å². The highest BCUT2D eigenvalue weighted by molar-refractivity contribution is 5.84. The Balaban J connectivity index is 1.61. The molecule has 0 radical (unpaired) electrons. The van der Waals surface area contributed by atoms with Gasteiger partial charge in [-0.2, -0.15) is 9.97 Å². The Kier molecular flexibility index (Phi) is 5.57. The molecule has 9 nitrogen and oxygen atoms in total. The van der Waals surface area contributed by atoms with Gasteiger partial charge in [-0.05, 0) is 18.9 Å². The molecule has 0 spiro atoms. The molecule has 1 aromatic carbocycles. The fourth-order valence-corrected chi connectivity index (χ4v) is 3.90. The Labute approximate surface area is 168 Å². The van der Waals surface area contributed by atoms with Crippen LogP contribution < -0.4 is 16.0 Å². The van der Waals surface area contributed by atoms with Crippen LogP contribution in [0, 0.1) is 0 Å². The van der Waals surface area contributed by atoms with Crippen molar-refractivity contribution in [3.8, 4) is 0 Å². The molecular formula is C20H25N7O2. The number of ether oxygens (including phenoxy) is 1. The summed E-state index contributed by atoms with van der Waals surface area (Å²) in [5.74, 6) is 0.977. The van der Waals surface area contributed by atoms with E-state index in [1.165, 1.54) is 5.56 Å². The number of aromatic nitrogens is 4. The highest BCUT2D eigenvalue weighted by Crippen LogP contribution is 2.32. The van der Waals surface area contributed by atoms with Crippen molar-refractivity contribution in [3.63, 3.8) is 0 Å². The molecule has 2 atom stereocenters. The molecule has 2 aromatic heterocycles. The first-order chi connectivity index (χ1) is 14.2. The van der Waals surface area contributed by atoms with Crippen LogP contribution in [0.15, 0.2) is 36.7 Å². The van der Waals surface area contributed by atoms with Crippen molar-refractivity contribution in [1.82, 2.24) is 25.3 Å². The van der Waals surface area contributed by atoms with Crippen LogP contribution in [0.25, 0.3) is 11.2 Å². The molecule has 9 heteroatoms. The van der Waals surface area contributed by atoms with Crippen LogP contribution >= 0.6 is 0 Å². The number of fused-ring (bicyclic) bond motifs is 1. The van der Waals surface area contributed by atoms with E-state index < -0.39 is 0 Å². The second-order valence-corrected chi connectivity index (χ2v) is 7.07. The molecule has 0 bridgehead atoms. The van der Waals surface area contributed by atoms with Crippen LogP contribution in [-0.4, -0.2) is 58.2 Å². The Morgan fingerprint density at radius 1 is 1.34 bits per heavy atom. The van der Waals surface area contributed by atoms with E-state index in [-0.39, 0.29) is 30.4 Å². The Bertz CT molecular complexity index is 975. The van der Waals surface area contributed by atoms with E-state index >= 15 is 0 Å². The van der Waals surface area contributed by atoms with Gasteiger partial charge in [-0.15, -0.1) is 0 Å². The maximum absolute atomic E-state index is 12.4. The van der Waals surface area contributed by atoms with Crippen LogP contribution in [0.3, 0.4) is 0 Å². The van der Waals surface area contributed by atoms with Crippen molar-refractivity contribution in [1.29, 1.82) is 0 Å². The third-order valence-corrected chi connectivity index (χ3v) is 5.21. The summed E-state index contributed by atoms with van der Waals surface area (Å²) >= 11 is 0. The number of nitrogens with one attached hydrogen (secondary N) is 2. The van der Waals surface area contributed by atoms with Gasteiger partial charge >= 0.3 is 0 Å². The number of aromatic amines is 1. The number of hydrogen-bond acceptors (Lipinski definition) is 7. The van der Waals surface area contributed by atoms with E-state index in [9.17, 15) is 4.79 Å². The minimum absolute atomic E-state index is 0.0553. The summed E-state index contributed by atoms with van der Waals surface area (Å²) < 4.78 is 5.28. The van der Waals surface area contributed by atoms with E-state index in [0.29, 0.717) is 24.6 Å². The molecule has 0 unspecified atom stereocenters.